The second-order valence-electron chi connectivity index (χ2n) is 9.25. The minimum absolute atomic E-state index is 0.0673. The first-order valence-electron chi connectivity index (χ1n) is 13.0. The van der Waals surface area contributed by atoms with Crippen molar-refractivity contribution in [2.24, 2.45) is 0 Å². The molecule has 2 heterocycles. The van der Waals surface area contributed by atoms with Crippen LogP contribution in [-0.2, 0) is 14.8 Å². The maximum atomic E-state index is 14.3. The van der Waals surface area contributed by atoms with Gasteiger partial charge in [-0.15, -0.1) is 0 Å². The smallest absolute Gasteiger partial charge is 0.266 e. The van der Waals surface area contributed by atoms with Gasteiger partial charge in [0.1, 0.15) is 9.22 Å². The molecule has 0 aliphatic carbocycles. The summed E-state index contributed by atoms with van der Waals surface area (Å²) < 4.78 is 47.1. The molecule has 10 nitrogen and oxygen atoms in total. The number of fused-ring (bicyclic) bond motifs is 1. The van der Waals surface area contributed by atoms with Crippen molar-refractivity contribution in [1.82, 2.24) is 14.8 Å². The molecule has 0 unspecified atom stereocenters. The lowest BCUT2D eigenvalue weighted by molar-refractivity contribution is -0.130. The normalized spacial score (nSPS) is 13.7. The van der Waals surface area contributed by atoms with E-state index in [1.54, 1.807) is 43.5 Å². The quantitative estimate of drug-likeness (QED) is 0.245. The Morgan fingerprint density at radius 3 is 2.24 bits per heavy atom. The molecule has 3 aromatic rings. The molecule has 0 N–H and O–H groups in total. The largest absolute Gasteiger partial charge is 0.493 e. The summed E-state index contributed by atoms with van der Waals surface area (Å²) in [6, 6.07) is 12.0. The predicted molar refractivity (Wildman–Crippen MR) is 166 cm³/mol. The molecular weight excluding hydrogens is 585 g/mol. The zero-order valence-electron chi connectivity index (χ0n) is 23.5. The Hall–Kier alpha value is -3.29. The number of aromatic nitrogens is 1. The van der Waals surface area contributed by atoms with Crippen LogP contribution in [-0.4, -0.2) is 93.2 Å². The van der Waals surface area contributed by atoms with Crippen LogP contribution in [0.25, 0.3) is 10.9 Å². The molecule has 4 rings (SSSR count). The van der Waals surface area contributed by atoms with Crippen LogP contribution in [0.3, 0.4) is 0 Å². The number of benzene rings is 2. The van der Waals surface area contributed by atoms with Crippen molar-refractivity contribution in [3.63, 3.8) is 0 Å². The standard InChI is InChI=1S/C28H34N4O6S3/c1-20(33)30-13-15-31(16-14-30)28(39)40-17-7-12-32(22-18-23(36-2)27(38-4)24(19-22)37-3)41(34,35)25-10-5-8-21-9-6-11-29-26(21)25/h5-6,8-11,18-19H,7,12-17H2,1-4H3. The lowest BCUT2D eigenvalue weighted by Gasteiger charge is -2.35. The highest BCUT2D eigenvalue weighted by Gasteiger charge is 2.29. The van der Waals surface area contributed by atoms with Crippen molar-refractivity contribution in [3.05, 3.63) is 48.7 Å². The van der Waals surface area contributed by atoms with Crippen LogP contribution >= 0.6 is 24.0 Å². The van der Waals surface area contributed by atoms with Gasteiger partial charge in [-0.25, -0.2) is 8.42 Å². The summed E-state index contributed by atoms with van der Waals surface area (Å²) in [5, 5.41) is 0.726. The molecule has 0 spiro atoms. The number of amides is 1. The summed E-state index contributed by atoms with van der Waals surface area (Å²) in [4.78, 5) is 20.0. The Bertz CT molecular complexity index is 1480. The molecule has 0 atom stereocenters. The van der Waals surface area contributed by atoms with Gasteiger partial charge in [0.05, 0.1) is 32.5 Å². The number of thioether (sulfide) groups is 1. The van der Waals surface area contributed by atoms with Gasteiger partial charge in [0.15, 0.2) is 11.5 Å². The molecule has 1 aromatic heterocycles. The SMILES string of the molecule is COc1cc(N(CCCSC(=S)N2CCN(C(C)=O)CC2)S(=O)(=O)c2cccc3cccnc23)cc(OC)c1OC. The Morgan fingerprint density at radius 1 is 1.00 bits per heavy atom. The number of carbonyl (C=O) groups excluding carboxylic acids is 1. The van der Waals surface area contributed by atoms with Gasteiger partial charge in [-0.05, 0) is 18.6 Å². The molecule has 1 fully saturated rings. The molecule has 2 aromatic carbocycles. The summed E-state index contributed by atoms with van der Waals surface area (Å²) >= 11 is 7.16. The molecule has 0 saturated carbocycles. The Balaban J connectivity index is 1.60. The number of pyridine rings is 1. The van der Waals surface area contributed by atoms with E-state index in [4.69, 9.17) is 26.4 Å². The minimum Gasteiger partial charge on any atom is -0.493 e. The van der Waals surface area contributed by atoms with E-state index in [1.807, 2.05) is 17.0 Å². The number of sulfonamides is 1. The van der Waals surface area contributed by atoms with Gasteiger partial charge in [0.25, 0.3) is 10.0 Å². The van der Waals surface area contributed by atoms with E-state index >= 15 is 0 Å². The van der Waals surface area contributed by atoms with Crippen LogP contribution in [0.4, 0.5) is 5.69 Å². The van der Waals surface area contributed by atoms with Crippen molar-refractivity contribution < 1.29 is 27.4 Å². The topological polar surface area (TPSA) is 102 Å². The van der Waals surface area contributed by atoms with Crippen molar-refractivity contribution in [2.75, 3.05) is 64.1 Å². The highest BCUT2D eigenvalue weighted by atomic mass is 32.2. The number of thiocarbonyl (C=S) groups is 1. The number of rotatable bonds is 10. The number of para-hydroxylation sites is 1. The maximum Gasteiger partial charge on any atom is 0.266 e. The first-order chi connectivity index (χ1) is 19.7. The van der Waals surface area contributed by atoms with Crippen molar-refractivity contribution >= 4 is 60.8 Å². The van der Waals surface area contributed by atoms with E-state index in [2.05, 4.69) is 9.88 Å². The van der Waals surface area contributed by atoms with Crippen LogP contribution in [0.2, 0.25) is 0 Å². The summed E-state index contributed by atoms with van der Waals surface area (Å²) in [5.41, 5.74) is 0.771. The highest BCUT2D eigenvalue weighted by Crippen LogP contribution is 2.42. The average Bonchev–Trinajstić information content (AvgIpc) is 2.99. The first-order valence-corrected chi connectivity index (χ1v) is 15.9. The summed E-state index contributed by atoms with van der Waals surface area (Å²) in [7, 11) is 0.417. The molecule has 41 heavy (non-hydrogen) atoms. The maximum absolute atomic E-state index is 14.3. The second kappa shape index (κ2) is 13.6. The molecule has 1 aliphatic rings. The molecule has 1 amide bonds. The number of methoxy groups -OCH3 is 3. The first kappa shape index (κ1) is 30.7. The predicted octanol–water partition coefficient (Wildman–Crippen LogP) is 4.03. The fourth-order valence-electron chi connectivity index (χ4n) is 4.67. The van der Waals surface area contributed by atoms with Crippen molar-refractivity contribution in [3.8, 4) is 17.2 Å². The van der Waals surface area contributed by atoms with E-state index in [9.17, 15) is 13.2 Å². The second-order valence-corrected chi connectivity index (χ2v) is 12.8. The van der Waals surface area contributed by atoms with Gasteiger partial charge < -0.3 is 24.0 Å². The molecule has 0 radical (unpaired) electrons. The Morgan fingerprint density at radius 2 is 1.63 bits per heavy atom. The molecule has 1 saturated heterocycles. The van der Waals surface area contributed by atoms with Crippen LogP contribution < -0.4 is 18.5 Å². The van der Waals surface area contributed by atoms with Gasteiger partial charge in [-0.2, -0.15) is 0 Å². The van der Waals surface area contributed by atoms with Crippen LogP contribution in [0.1, 0.15) is 13.3 Å². The van der Waals surface area contributed by atoms with Gasteiger partial charge >= 0.3 is 0 Å². The number of anilines is 1. The van der Waals surface area contributed by atoms with Crippen LogP contribution in [0, 0.1) is 0 Å². The number of hydrogen-bond donors (Lipinski definition) is 0. The third kappa shape index (κ3) is 6.79. The zero-order valence-corrected chi connectivity index (χ0v) is 26.0. The zero-order chi connectivity index (χ0) is 29.6. The van der Waals surface area contributed by atoms with E-state index in [0.717, 1.165) is 9.71 Å². The number of hydrogen-bond acceptors (Lipinski definition) is 9. The molecule has 13 heteroatoms. The van der Waals surface area contributed by atoms with Crippen molar-refractivity contribution in [2.45, 2.75) is 18.2 Å². The van der Waals surface area contributed by atoms with Crippen molar-refractivity contribution in [1.29, 1.82) is 0 Å². The fraction of sp³-hybridized carbons (Fsp3) is 0.393. The third-order valence-corrected chi connectivity index (χ3v) is 10.3. The number of ether oxygens (including phenoxy) is 3. The van der Waals surface area contributed by atoms with Crippen LogP contribution in [0.5, 0.6) is 17.2 Å². The summed E-state index contributed by atoms with van der Waals surface area (Å²) in [6.45, 7) is 4.41. The number of carbonyl (C=O) groups is 1. The van der Waals surface area contributed by atoms with Gasteiger partial charge in [0.2, 0.25) is 11.7 Å². The molecular formula is C28H34N4O6S3. The van der Waals surface area contributed by atoms with E-state index < -0.39 is 10.0 Å². The van der Waals surface area contributed by atoms with E-state index in [0.29, 0.717) is 66.8 Å². The third-order valence-electron chi connectivity index (χ3n) is 6.82. The lowest BCUT2D eigenvalue weighted by Crippen LogP contribution is -2.49. The molecule has 1 aliphatic heterocycles. The molecule has 220 valence electrons. The monoisotopic (exact) mass is 618 g/mol. The van der Waals surface area contributed by atoms with E-state index in [1.165, 1.54) is 37.4 Å². The van der Waals surface area contributed by atoms with Gasteiger partial charge in [-0.1, -0.05) is 42.2 Å². The number of piperazine rings is 1. The average molecular weight is 619 g/mol. The highest BCUT2D eigenvalue weighted by molar-refractivity contribution is 8.22. The Kier molecular flexibility index (Phi) is 10.2. The van der Waals surface area contributed by atoms with E-state index in [-0.39, 0.29) is 17.3 Å². The lowest BCUT2D eigenvalue weighted by atomic mass is 10.2. The van der Waals surface area contributed by atoms with Crippen LogP contribution in [0.15, 0.2) is 53.6 Å². The fourth-order valence-corrected chi connectivity index (χ4v) is 7.57. The summed E-state index contributed by atoms with van der Waals surface area (Å²) in [5.74, 6) is 1.74. The molecule has 0 bridgehead atoms. The number of nitrogens with zero attached hydrogens (tertiary/aromatic N) is 4. The van der Waals surface area contributed by atoms with Gasteiger partial charge in [-0.3, -0.25) is 14.1 Å². The van der Waals surface area contributed by atoms with Gasteiger partial charge in [0, 0.05) is 69.1 Å². The Labute approximate surface area is 250 Å². The summed E-state index contributed by atoms with van der Waals surface area (Å²) in [6.07, 6.45) is 2.10. The minimum atomic E-state index is -4.06.